The second kappa shape index (κ2) is 8.70. The summed E-state index contributed by atoms with van der Waals surface area (Å²) in [5.74, 6) is 0. The topological polar surface area (TPSA) is 35.5 Å². The fourth-order valence-corrected chi connectivity index (χ4v) is 0.839. The third-order valence-electron chi connectivity index (χ3n) is 1.37. The number of hydrogen-bond donors (Lipinski definition) is 0. The number of hydrogen-bond acceptors (Lipinski definition) is 3. The molecule has 0 amide bonds. The third-order valence-corrected chi connectivity index (χ3v) is 2.04. The van der Waals surface area contributed by atoms with Gasteiger partial charge >= 0.3 is 8.25 Å². The monoisotopic (exact) mass is 214 g/mol. The largest absolute Gasteiger partial charge is 0.318 e. The van der Waals surface area contributed by atoms with Gasteiger partial charge < -0.3 is 9.05 Å². The average Bonchev–Trinajstić information content (AvgIpc) is 2.30. The van der Waals surface area contributed by atoms with Crippen molar-refractivity contribution in [3.8, 4) is 0 Å². The maximum Gasteiger partial charge on any atom is 0.318 e. The van der Waals surface area contributed by atoms with Crippen LogP contribution in [-0.4, -0.2) is 14.2 Å². The molecule has 0 unspecified atom stereocenters. The molecule has 3 nitrogen and oxygen atoms in total. The molecular formula is C10H15O3P. The molecule has 0 N–H and O–H groups in total. The zero-order chi connectivity index (χ0) is 10.8. The zero-order valence-electron chi connectivity index (χ0n) is 8.40. The van der Waals surface area contributed by atoms with E-state index in [1.165, 1.54) is 19.8 Å². The second-order valence-electron chi connectivity index (χ2n) is 2.27. The molecular weight excluding hydrogens is 199 g/mol. The van der Waals surface area contributed by atoms with Crippen LogP contribution < -0.4 is 0 Å². The highest BCUT2D eigenvalue weighted by Gasteiger charge is 1.83. The van der Waals surface area contributed by atoms with Crippen LogP contribution in [0, 0.1) is 0 Å². The summed E-state index contributed by atoms with van der Waals surface area (Å²) >= 11 is 0. The van der Waals surface area contributed by atoms with Crippen LogP contribution in [0.1, 0.15) is 5.56 Å². The Morgan fingerprint density at radius 1 is 1.21 bits per heavy atom. The quantitative estimate of drug-likeness (QED) is 0.725. The first-order valence-electron chi connectivity index (χ1n) is 4.04. The van der Waals surface area contributed by atoms with Gasteiger partial charge in [0, 0.05) is 14.2 Å². The second-order valence-corrected chi connectivity index (χ2v) is 3.59. The van der Waals surface area contributed by atoms with E-state index in [9.17, 15) is 4.57 Å². The lowest BCUT2D eigenvalue weighted by molar-refractivity contribution is 0.302. The van der Waals surface area contributed by atoms with Gasteiger partial charge in [-0.1, -0.05) is 43.0 Å². The Morgan fingerprint density at radius 2 is 1.71 bits per heavy atom. The molecule has 0 aliphatic rings. The lowest BCUT2D eigenvalue weighted by Gasteiger charge is -1.89. The third kappa shape index (κ3) is 6.61. The Balaban J connectivity index is 0.000000255. The molecule has 0 saturated heterocycles. The summed E-state index contributed by atoms with van der Waals surface area (Å²) in [5.41, 5.74) is 1.17. The van der Waals surface area contributed by atoms with Crippen molar-refractivity contribution in [1.82, 2.24) is 0 Å². The van der Waals surface area contributed by atoms with Crippen molar-refractivity contribution in [3.05, 3.63) is 42.5 Å². The van der Waals surface area contributed by atoms with E-state index in [4.69, 9.17) is 0 Å². The van der Waals surface area contributed by atoms with Crippen LogP contribution >= 0.6 is 8.25 Å². The first-order chi connectivity index (χ1) is 6.74. The average molecular weight is 214 g/mol. The molecule has 0 saturated carbocycles. The maximum absolute atomic E-state index is 9.92. The van der Waals surface area contributed by atoms with E-state index in [0.29, 0.717) is 0 Å². The molecule has 0 aromatic heterocycles. The minimum absolute atomic E-state index is 1.17. The Morgan fingerprint density at radius 3 is 1.93 bits per heavy atom. The summed E-state index contributed by atoms with van der Waals surface area (Å²) in [5, 5.41) is 0. The van der Waals surface area contributed by atoms with Crippen molar-refractivity contribution < 1.29 is 13.6 Å². The zero-order valence-corrected chi connectivity index (χ0v) is 9.40. The van der Waals surface area contributed by atoms with Gasteiger partial charge in [-0.25, -0.2) is 0 Å². The van der Waals surface area contributed by atoms with E-state index in [0.717, 1.165) is 0 Å². The van der Waals surface area contributed by atoms with Crippen LogP contribution in [0.25, 0.3) is 6.08 Å². The summed E-state index contributed by atoms with van der Waals surface area (Å²) in [7, 11) is 0.558. The first-order valence-corrected chi connectivity index (χ1v) is 5.26. The summed E-state index contributed by atoms with van der Waals surface area (Å²) < 4.78 is 18.4. The summed E-state index contributed by atoms with van der Waals surface area (Å²) in [6.45, 7) is 3.63. The predicted molar refractivity (Wildman–Crippen MR) is 59.6 cm³/mol. The molecule has 4 heteroatoms. The van der Waals surface area contributed by atoms with Crippen LogP contribution in [0.4, 0.5) is 0 Å². The lowest BCUT2D eigenvalue weighted by atomic mass is 10.2. The van der Waals surface area contributed by atoms with Gasteiger partial charge in [0.2, 0.25) is 0 Å². The summed E-state index contributed by atoms with van der Waals surface area (Å²) in [4.78, 5) is 0. The smallest absolute Gasteiger partial charge is 0.314 e. The molecule has 1 aromatic rings. The van der Waals surface area contributed by atoms with Crippen molar-refractivity contribution in [2.75, 3.05) is 14.2 Å². The van der Waals surface area contributed by atoms with Crippen molar-refractivity contribution in [1.29, 1.82) is 0 Å². The van der Waals surface area contributed by atoms with Crippen LogP contribution in [0.15, 0.2) is 36.9 Å². The van der Waals surface area contributed by atoms with Gasteiger partial charge in [0.05, 0.1) is 0 Å². The molecule has 0 fully saturated rings. The molecule has 0 bridgehead atoms. The van der Waals surface area contributed by atoms with Gasteiger partial charge in [-0.15, -0.1) is 0 Å². The van der Waals surface area contributed by atoms with Gasteiger partial charge in [-0.2, -0.15) is 0 Å². The van der Waals surface area contributed by atoms with Crippen molar-refractivity contribution >= 4 is 14.3 Å². The van der Waals surface area contributed by atoms with Crippen molar-refractivity contribution in [2.45, 2.75) is 0 Å². The molecule has 0 aliphatic heterocycles. The SMILES string of the molecule is C=Cc1ccccc1.CO[PH](=O)OC. The van der Waals surface area contributed by atoms with Gasteiger partial charge in [0.25, 0.3) is 0 Å². The van der Waals surface area contributed by atoms with E-state index in [-0.39, 0.29) is 0 Å². The molecule has 78 valence electrons. The first kappa shape index (κ1) is 13.1. The summed E-state index contributed by atoms with van der Waals surface area (Å²) in [6.07, 6.45) is 1.83. The van der Waals surface area contributed by atoms with Crippen LogP contribution in [0.5, 0.6) is 0 Å². The molecule has 0 heterocycles. The Hall–Kier alpha value is -0.890. The minimum atomic E-state index is -2.12. The molecule has 0 atom stereocenters. The Labute approximate surface area is 85.3 Å². The molecule has 14 heavy (non-hydrogen) atoms. The van der Waals surface area contributed by atoms with E-state index in [2.05, 4.69) is 15.6 Å². The van der Waals surface area contributed by atoms with Crippen molar-refractivity contribution in [2.24, 2.45) is 0 Å². The fourth-order valence-electron chi connectivity index (χ4n) is 0.672. The highest BCUT2D eigenvalue weighted by molar-refractivity contribution is 7.33. The van der Waals surface area contributed by atoms with Crippen molar-refractivity contribution in [3.63, 3.8) is 0 Å². The highest BCUT2D eigenvalue weighted by Crippen LogP contribution is 2.18. The van der Waals surface area contributed by atoms with Gasteiger partial charge in [-0.05, 0) is 5.56 Å². The summed E-state index contributed by atoms with van der Waals surface area (Å²) in [6, 6.07) is 10.0. The molecule has 1 aromatic carbocycles. The van der Waals surface area contributed by atoms with E-state index in [1.54, 1.807) is 0 Å². The standard InChI is InChI=1S/C8H8.C2H7O3P/c1-2-8-6-4-3-5-7-8;1-4-6(3)5-2/h2-7H,1H2;6H,1-2H3. The Kier molecular flexibility index (Phi) is 8.14. The number of rotatable bonds is 3. The van der Waals surface area contributed by atoms with E-state index in [1.807, 2.05) is 36.4 Å². The molecule has 0 radical (unpaired) electrons. The highest BCUT2D eigenvalue weighted by atomic mass is 31.1. The van der Waals surface area contributed by atoms with Gasteiger partial charge in [0.1, 0.15) is 0 Å². The van der Waals surface area contributed by atoms with Gasteiger partial charge in [0.15, 0.2) is 0 Å². The van der Waals surface area contributed by atoms with Crippen LogP contribution in [-0.2, 0) is 13.6 Å². The van der Waals surface area contributed by atoms with Crippen LogP contribution in [0.2, 0.25) is 0 Å². The molecule has 1 rings (SSSR count). The lowest BCUT2D eigenvalue weighted by Crippen LogP contribution is -1.66. The van der Waals surface area contributed by atoms with E-state index >= 15 is 0 Å². The number of benzene rings is 1. The maximum atomic E-state index is 9.92. The molecule has 0 aliphatic carbocycles. The predicted octanol–water partition coefficient (Wildman–Crippen LogP) is 3.00. The van der Waals surface area contributed by atoms with Gasteiger partial charge in [-0.3, -0.25) is 4.57 Å². The Bertz CT molecular complexity index is 266. The van der Waals surface area contributed by atoms with Crippen LogP contribution in [0.3, 0.4) is 0 Å². The van der Waals surface area contributed by atoms with E-state index < -0.39 is 8.25 Å². The fraction of sp³-hybridized carbons (Fsp3) is 0.200. The normalized spacial score (nSPS) is 9.07. The minimum Gasteiger partial charge on any atom is -0.314 e. The molecule has 0 spiro atoms.